The van der Waals surface area contributed by atoms with Gasteiger partial charge in [-0.15, -0.1) is 0 Å². The summed E-state index contributed by atoms with van der Waals surface area (Å²) < 4.78 is 10.8. The Hall–Kier alpha value is -2.25. The number of ether oxygens (including phenoxy) is 2. The van der Waals surface area contributed by atoms with Crippen LogP contribution in [0.3, 0.4) is 0 Å². The standard InChI is InChI=1S/C8H10N2O2.C8H12N2O/c1-10-4-2-3-6-8(10)12-5-7(11)9-6;1-10-5-2-3-7-8(10)11-6-4-9-7/h2-4,8H,5H2,1H3,(H,9,11);2-3,5,8-9H,4,6H2,1H3. The summed E-state index contributed by atoms with van der Waals surface area (Å²) in [5.74, 6) is -0.0822. The van der Waals surface area contributed by atoms with Crippen LogP contribution in [-0.4, -0.2) is 62.0 Å². The maximum Gasteiger partial charge on any atom is 0.250 e. The number of hydrogen-bond donors (Lipinski definition) is 2. The van der Waals surface area contributed by atoms with Crippen molar-refractivity contribution < 1.29 is 14.3 Å². The Morgan fingerprint density at radius 2 is 1.70 bits per heavy atom. The van der Waals surface area contributed by atoms with Gasteiger partial charge in [-0.25, -0.2) is 0 Å². The molecule has 2 unspecified atom stereocenters. The molecule has 4 rings (SSSR count). The molecule has 0 saturated carbocycles. The number of amides is 1. The highest BCUT2D eigenvalue weighted by atomic mass is 16.5. The largest absolute Gasteiger partial charge is 0.382 e. The zero-order valence-electron chi connectivity index (χ0n) is 13.4. The van der Waals surface area contributed by atoms with Gasteiger partial charge in [0.2, 0.25) is 5.91 Å². The Balaban J connectivity index is 0.000000136. The highest BCUT2D eigenvalue weighted by molar-refractivity contribution is 5.80. The van der Waals surface area contributed by atoms with Gasteiger partial charge in [0.25, 0.3) is 0 Å². The molecular weight excluding hydrogens is 296 g/mol. The lowest BCUT2D eigenvalue weighted by Crippen LogP contribution is -2.47. The Morgan fingerprint density at radius 1 is 1.04 bits per heavy atom. The molecule has 2 fully saturated rings. The number of likely N-dealkylation sites (N-methyl/N-ethyl adjacent to an activating group) is 2. The van der Waals surface area contributed by atoms with E-state index in [0.29, 0.717) is 0 Å². The third-order valence-corrected chi connectivity index (χ3v) is 3.83. The number of rotatable bonds is 0. The number of fused-ring (bicyclic) bond motifs is 2. The van der Waals surface area contributed by atoms with Crippen LogP contribution in [0.25, 0.3) is 0 Å². The van der Waals surface area contributed by atoms with Crippen molar-refractivity contribution in [3.05, 3.63) is 48.1 Å². The third kappa shape index (κ3) is 3.57. The molecule has 2 atom stereocenters. The number of nitrogens with one attached hydrogen (secondary N) is 2. The average Bonchev–Trinajstić information content (AvgIpc) is 2.56. The first kappa shape index (κ1) is 15.6. The molecule has 0 aliphatic carbocycles. The lowest BCUT2D eigenvalue weighted by molar-refractivity contribution is -0.134. The molecule has 0 aromatic carbocycles. The van der Waals surface area contributed by atoms with Crippen LogP contribution < -0.4 is 10.6 Å². The number of hydrogen-bond acceptors (Lipinski definition) is 6. The van der Waals surface area contributed by atoms with Gasteiger partial charge in [0.05, 0.1) is 18.0 Å². The van der Waals surface area contributed by atoms with Gasteiger partial charge in [0.15, 0.2) is 12.5 Å². The van der Waals surface area contributed by atoms with Gasteiger partial charge in [-0.1, -0.05) is 0 Å². The van der Waals surface area contributed by atoms with Gasteiger partial charge in [0, 0.05) is 33.0 Å². The van der Waals surface area contributed by atoms with Crippen molar-refractivity contribution in [1.29, 1.82) is 0 Å². The van der Waals surface area contributed by atoms with Gasteiger partial charge in [-0.2, -0.15) is 0 Å². The molecule has 0 bridgehead atoms. The smallest absolute Gasteiger partial charge is 0.250 e. The van der Waals surface area contributed by atoms with Crippen LogP contribution in [0, 0.1) is 0 Å². The number of allylic oxidation sites excluding steroid dienone is 4. The molecule has 7 nitrogen and oxygen atoms in total. The fourth-order valence-electron chi connectivity index (χ4n) is 2.71. The van der Waals surface area contributed by atoms with Crippen molar-refractivity contribution >= 4 is 5.91 Å². The molecule has 2 saturated heterocycles. The molecule has 4 aliphatic heterocycles. The van der Waals surface area contributed by atoms with E-state index < -0.39 is 0 Å². The van der Waals surface area contributed by atoms with Crippen molar-refractivity contribution in [3.8, 4) is 0 Å². The molecule has 4 heterocycles. The van der Waals surface area contributed by atoms with Crippen LogP contribution >= 0.6 is 0 Å². The maximum atomic E-state index is 10.9. The highest BCUT2D eigenvalue weighted by Crippen LogP contribution is 2.17. The zero-order valence-corrected chi connectivity index (χ0v) is 13.4. The van der Waals surface area contributed by atoms with Gasteiger partial charge in [0.1, 0.15) is 6.61 Å². The number of carbonyl (C=O) groups excluding carboxylic acids is 1. The van der Waals surface area contributed by atoms with Crippen LogP contribution in [0.1, 0.15) is 0 Å². The van der Waals surface area contributed by atoms with E-state index in [0.717, 1.165) is 18.8 Å². The molecule has 1 amide bonds. The minimum atomic E-state index is -0.118. The topological polar surface area (TPSA) is 66.1 Å². The van der Waals surface area contributed by atoms with E-state index in [1.807, 2.05) is 49.6 Å². The van der Waals surface area contributed by atoms with Crippen molar-refractivity contribution in [3.63, 3.8) is 0 Å². The highest BCUT2D eigenvalue weighted by Gasteiger charge is 2.27. The lowest BCUT2D eigenvalue weighted by Gasteiger charge is -2.35. The minimum Gasteiger partial charge on any atom is -0.382 e. The Bertz CT molecular complexity index is 582. The number of nitrogens with zero attached hydrogens (tertiary/aromatic N) is 2. The Morgan fingerprint density at radius 3 is 2.39 bits per heavy atom. The first-order valence-corrected chi connectivity index (χ1v) is 7.63. The van der Waals surface area contributed by atoms with Gasteiger partial charge in [-0.05, 0) is 24.3 Å². The first-order valence-electron chi connectivity index (χ1n) is 7.63. The van der Waals surface area contributed by atoms with Crippen LogP contribution in [-0.2, 0) is 14.3 Å². The third-order valence-electron chi connectivity index (χ3n) is 3.83. The van der Waals surface area contributed by atoms with Crippen molar-refractivity contribution in [2.75, 3.05) is 33.9 Å². The minimum absolute atomic E-state index is 0.0822. The molecule has 0 spiro atoms. The Labute approximate surface area is 135 Å². The van der Waals surface area contributed by atoms with Gasteiger partial charge in [-0.3, -0.25) is 4.79 Å². The summed E-state index contributed by atoms with van der Waals surface area (Å²) in [6.45, 7) is 1.85. The fourth-order valence-corrected chi connectivity index (χ4v) is 2.71. The van der Waals surface area contributed by atoms with E-state index >= 15 is 0 Å². The van der Waals surface area contributed by atoms with Crippen molar-refractivity contribution in [2.45, 2.75) is 12.5 Å². The second kappa shape index (κ2) is 6.89. The first-order chi connectivity index (χ1) is 11.1. The molecule has 124 valence electrons. The van der Waals surface area contributed by atoms with Crippen molar-refractivity contribution in [1.82, 2.24) is 20.4 Å². The SMILES string of the molecule is CN1C=CC=C2NC(=O)COC21.CN1C=CC=C2NCCOC21. The summed E-state index contributed by atoms with van der Waals surface area (Å²) in [7, 11) is 3.92. The van der Waals surface area contributed by atoms with E-state index in [2.05, 4.69) is 21.6 Å². The predicted molar refractivity (Wildman–Crippen MR) is 85.6 cm³/mol. The molecule has 4 aliphatic rings. The number of carbonyl (C=O) groups is 1. The molecule has 0 radical (unpaired) electrons. The molecule has 2 N–H and O–H groups in total. The second-order valence-corrected chi connectivity index (χ2v) is 5.62. The monoisotopic (exact) mass is 318 g/mol. The maximum absolute atomic E-state index is 10.9. The second-order valence-electron chi connectivity index (χ2n) is 5.62. The van der Waals surface area contributed by atoms with E-state index in [1.54, 1.807) is 0 Å². The number of morpholine rings is 2. The summed E-state index contributed by atoms with van der Waals surface area (Å²) in [5.41, 5.74) is 1.98. The fraction of sp³-hybridized carbons (Fsp3) is 0.438. The molecule has 7 heteroatoms. The Kier molecular flexibility index (Phi) is 4.68. The van der Waals surface area contributed by atoms with Crippen LogP contribution in [0.5, 0.6) is 0 Å². The molecule has 0 aromatic heterocycles. The normalized spacial score (nSPS) is 28.3. The molecule has 0 aromatic rings. The van der Waals surface area contributed by atoms with E-state index in [1.165, 1.54) is 5.70 Å². The summed E-state index contributed by atoms with van der Waals surface area (Å²) in [6, 6.07) is 0. The van der Waals surface area contributed by atoms with Crippen LogP contribution in [0.15, 0.2) is 48.1 Å². The predicted octanol–water partition coefficient (Wildman–Crippen LogP) is 0.0772. The molecular formula is C16H22N4O3. The summed E-state index contributed by atoms with van der Waals surface area (Å²) in [5, 5.41) is 6.05. The van der Waals surface area contributed by atoms with Gasteiger partial charge >= 0.3 is 0 Å². The quantitative estimate of drug-likeness (QED) is 0.659. The van der Waals surface area contributed by atoms with E-state index in [4.69, 9.17) is 9.47 Å². The van der Waals surface area contributed by atoms with Crippen LogP contribution in [0.2, 0.25) is 0 Å². The lowest BCUT2D eigenvalue weighted by atomic mass is 10.2. The average molecular weight is 318 g/mol. The summed E-state index contributed by atoms with van der Waals surface area (Å²) in [6.07, 6.45) is 11.7. The summed E-state index contributed by atoms with van der Waals surface area (Å²) in [4.78, 5) is 14.9. The van der Waals surface area contributed by atoms with E-state index in [-0.39, 0.29) is 25.0 Å². The van der Waals surface area contributed by atoms with Gasteiger partial charge < -0.3 is 29.9 Å². The van der Waals surface area contributed by atoms with Crippen LogP contribution in [0.4, 0.5) is 0 Å². The van der Waals surface area contributed by atoms with Crippen molar-refractivity contribution in [2.24, 2.45) is 0 Å². The van der Waals surface area contributed by atoms with E-state index in [9.17, 15) is 4.79 Å². The summed E-state index contributed by atoms with van der Waals surface area (Å²) >= 11 is 0. The zero-order chi connectivity index (χ0) is 16.2. The molecule has 23 heavy (non-hydrogen) atoms.